The van der Waals surface area contributed by atoms with Crippen LogP contribution in [0.15, 0.2) is 0 Å². The Hall–Kier alpha value is -0.610. The van der Waals surface area contributed by atoms with Gasteiger partial charge in [-0.3, -0.25) is 4.79 Å². The molecule has 0 aromatic carbocycles. The van der Waals surface area contributed by atoms with E-state index >= 15 is 0 Å². The molecule has 1 rings (SSSR count). The van der Waals surface area contributed by atoms with E-state index in [-0.39, 0.29) is 17.9 Å². The highest BCUT2D eigenvalue weighted by molar-refractivity contribution is 5.78. The summed E-state index contributed by atoms with van der Waals surface area (Å²) in [7, 11) is 0. The van der Waals surface area contributed by atoms with E-state index in [1.165, 1.54) is 0 Å². The van der Waals surface area contributed by atoms with Gasteiger partial charge in [-0.1, -0.05) is 13.8 Å². The largest absolute Gasteiger partial charge is 0.353 e. The van der Waals surface area contributed by atoms with Crippen LogP contribution in [0.1, 0.15) is 59.3 Å². The monoisotopic (exact) mass is 283 g/mol. The van der Waals surface area contributed by atoms with Crippen molar-refractivity contribution in [2.75, 3.05) is 19.6 Å². The summed E-state index contributed by atoms with van der Waals surface area (Å²) in [5.41, 5.74) is 5.88. The highest BCUT2D eigenvalue weighted by Crippen LogP contribution is 2.23. The Kier molecular flexibility index (Phi) is 8.15. The second kappa shape index (κ2) is 9.35. The first-order valence-electron chi connectivity index (χ1n) is 8.35. The molecule has 1 saturated carbocycles. The Balaban J connectivity index is 2.18. The standard InChI is InChI=1S/C16H33N3O/c1-4-19(5-2)12-6-7-13(3)18-16(20)14-8-10-15(17)11-9-14/h13-15H,4-12,17H2,1-3H3,(H,18,20). The zero-order chi connectivity index (χ0) is 15.0. The molecule has 1 fully saturated rings. The molecule has 0 aliphatic heterocycles. The van der Waals surface area contributed by atoms with Gasteiger partial charge in [-0.05, 0) is 65.1 Å². The smallest absolute Gasteiger partial charge is 0.223 e. The Morgan fingerprint density at radius 1 is 1.25 bits per heavy atom. The van der Waals surface area contributed by atoms with Crippen molar-refractivity contribution in [1.82, 2.24) is 10.2 Å². The highest BCUT2D eigenvalue weighted by atomic mass is 16.1. The van der Waals surface area contributed by atoms with Crippen LogP contribution in [0.25, 0.3) is 0 Å². The van der Waals surface area contributed by atoms with Crippen LogP contribution < -0.4 is 11.1 Å². The molecule has 1 unspecified atom stereocenters. The Labute approximate surface area is 124 Å². The maximum absolute atomic E-state index is 12.2. The van der Waals surface area contributed by atoms with E-state index in [1.54, 1.807) is 0 Å². The average Bonchev–Trinajstić information content (AvgIpc) is 2.44. The van der Waals surface area contributed by atoms with E-state index in [0.29, 0.717) is 6.04 Å². The lowest BCUT2D eigenvalue weighted by atomic mass is 9.86. The van der Waals surface area contributed by atoms with Crippen LogP contribution in [0.2, 0.25) is 0 Å². The van der Waals surface area contributed by atoms with Gasteiger partial charge < -0.3 is 16.0 Å². The molecule has 1 atom stereocenters. The van der Waals surface area contributed by atoms with E-state index in [4.69, 9.17) is 5.73 Å². The molecule has 1 aliphatic carbocycles. The lowest BCUT2D eigenvalue weighted by molar-refractivity contribution is -0.126. The van der Waals surface area contributed by atoms with Crippen molar-refractivity contribution in [3.05, 3.63) is 0 Å². The summed E-state index contributed by atoms with van der Waals surface area (Å²) < 4.78 is 0. The minimum absolute atomic E-state index is 0.194. The van der Waals surface area contributed by atoms with Crippen LogP contribution in [0.5, 0.6) is 0 Å². The molecule has 0 aromatic rings. The first-order valence-corrected chi connectivity index (χ1v) is 8.35. The Morgan fingerprint density at radius 3 is 2.40 bits per heavy atom. The minimum atomic E-state index is 0.194. The lowest BCUT2D eigenvalue weighted by Gasteiger charge is -2.27. The van der Waals surface area contributed by atoms with Gasteiger partial charge in [0.1, 0.15) is 0 Å². The van der Waals surface area contributed by atoms with Crippen LogP contribution in [0.3, 0.4) is 0 Å². The molecule has 0 spiro atoms. The molecule has 0 radical (unpaired) electrons. The number of rotatable bonds is 8. The summed E-state index contributed by atoms with van der Waals surface area (Å²) in [5.74, 6) is 0.437. The fourth-order valence-electron chi connectivity index (χ4n) is 2.98. The normalized spacial score (nSPS) is 24.6. The Morgan fingerprint density at radius 2 is 1.85 bits per heavy atom. The fraction of sp³-hybridized carbons (Fsp3) is 0.938. The van der Waals surface area contributed by atoms with Crippen molar-refractivity contribution >= 4 is 5.91 Å². The van der Waals surface area contributed by atoms with Gasteiger partial charge in [-0.2, -0.15) is 0 Å². The zero-order valence-corrected chi connectivity index (χ0v) is 13.5. The molecule has 0 saturated heterocycles. The zero-order valence-electron chi connectivity index (χ0n) is 13.5. The van der Waals surface area contributed by atoms with Gasteiger partial charge in [0.15, 0.2) is 0 Å². The molecule has 0 heterocycles. The maximum atomic E-state index is 12.2. The van der Waals surface area contributed by atoms with E-state index in [9.17, 15) is 4.79 Å². The summed E-state index contributed by atoms with van der Waals surface area (Å²) in [6.07, 6.45) is 6.12. The molecular formula is C16H33N3O. The second-order valence-corrected chi connectivity index (χ2v) is 6.19. The molecule has 0 bridgehead atoms. The van der Waals surface area contributed by atoms with Crippen molar-refractivity contribution in [3.8, 4) is 0 Å². The van der Waals surface area contributed by atoms with Gasteiger partial charge in [0, 0.05) is 18.0 Å². The Bertz CT molecular complexity index is 271. The van der Waals surface area contributed by atoms with Crippen LogP contribution in [-0.2, 0) is 4.79 Å². The molecule has 20 heavy (non-hydrogen) atoms. The summed E-state index contributed by atoms with van der Waals surface area (Å²) in [4.78, 5) is 14.6. The number of nitrogens with zero attached hydrogens (tertiary/aromatic N) is 1. The van der Waals surface area contributed by atoms with Gasteiger partial charge in [0.05, 0.1) is 0 Å². The summed E-state index contributed by atoms with van der Waals surface area (Å²) in [5, 5.41) is 3.18. The predicted octanol–water partition coefficient (Wildman–Crippen LogP) is 2.13. The number of carbonyl (C=O) groups is 1. The van der Waals surface area contributed by atoms with Crippen LogP contribution >= 0.6 is 0 Å². The minimum Gasteiger partial charge on any atom is -0.353 e. The predicted molar refractivity (Wildman–Crippen MR) is 84.6 cm³/mol. The topological polar surface area (TPSA) is 58.4 Å². The SMILES string of the molecule is CCN(CC)CCCC(C)NC(=O)C1CCC(N)CC1. The van der Waals surface area contributed by atoms with E-state index in [1.807, 2.05) is 0 Å². The molecule has 1 amide bonds. The molecule has 1 aliphatic rings. The lowest BCUT2D eigenvalue weighted by Crippen LogP contribution is -2.40. The molecule has 3 N–H and O–H groups in total. The third-order valence-electron chi connectivity index (χ3n) is 4.54. The summed E-state index contributed by atoms with van der Waals surface area (Å²) in [6.45, 7) is 9.87. The quantitative estimate of drug-likeness (QED) is 0.717. The highest BCUT2D eigenvalue weighted by Gasteiger charge is 2.25. The number of amides is 1. The number of hydrogen-bond acceptors (Lipinski definition) is 3. The van der Waals surface area contributed by atoms with Gasteiger partial charge in [0.25, 0.3) is 0 Å². The van der Waals surface area contributed by atoms with Crippen LogP contribution in [0.4, 0.5) is 0 Å². The number of carbonyl (C=O) groups excluding carboxylic acids is 1. The van der Waals surface area contributed by atoms with Crippen molar-refractivity contribution < 1.29 is 4.79 Å². The number of nitrogens with two attached hydrogens (primary N) is 1. The molecule has 0 aromatic heterocycles. The first kappa shape index (κ1) is 17.4. The maximum Gasteiger partial charge on any atom is 0.223 e. The van der Waals surface area contributed by atoms with Crippen molar-refractivity contribution in [1.29, 1.82) is 0 Å². The van der Waals surface area contributed by atoms with Gasteiger partial charge >= 0.3 is 0 Å². The average molecular weight is 283 g/mol. The van der Waals surface area contributed by atoms with E-state index in [2.05, 4.69) is 31.0 Å². The molecule has 118 valence electrons. The van der Waals surface area contributed by atoms with Gasteiger partial charge in [-0.15, -0.1) is 0 Å². The van der Waals surface area contributed by atoms with Crippen molar-refractivity contribution in [2.24, 2.45) is 11.7 Å². The van der Waals surface area contributed by atoms with Crippen molar-refractivity contribution in [3.63, 3.8) is 0 Å². The van der Waals surface area contributed by atoms with Crippen LogP contribution in [-0.4, -0.2) is 42.5 Å². The summed E-state index contributed by atoms with van der Waals surface area (Å²) >= 11 is 0. The molecule has 4 heteroatoms. The van der Waals surface area contributed by atoms with E-state index in [0.717, 1.165) is 58.2 Å². The van der Waals surface area contributed by atoms with Crippen molar-refractivity contribution in [2.45, 2.75) is 71.4 Å². The van der Waals surface area contributed by atoms with E-state index < -0.39 is 0 Å². The second-order valence-electron chi connectivity index (χ2n) is 6.19. The summed E-state index contributed by atoms with van der Waals surface area (Å²) in [6, 6.07) is 0.596. The number of nitrogens with one attached hydrogen (secondary N) is 1. The van der Waals surface area contributed by atoms with Gasteiger partial charge in [-0.25, -0.2) is 0 Å². The fourth-order valence-corrected chi connectivity index (χ4v) is 2.98. The number of hydrogen-bond donors (Lipinski definition) is 2. The third-order valence-corrected chi connectivity index (χ3v) is 4.54. The third kappa shape index (κ3) is 6.23. The first-order chi connectivity index (χ1) is 9.56. The molecular weight excluding hydrogens is 250 g/mol. The molecule has 4 nitrogen and oxygen atoms in total. The van der Waals surface area contributed by atoms with Crippen LogP contribution in [0, 0.1) is 5.92 Å². The van der Waals surface area contributed by atoms with Gasteiger partial charge in [0.2, 0.25) is 5.91 Å².